The molecule has 33 heavy (non-hydrogen) atoms. The predicted molar refractivity (Wildman–Crippen MR) is 113 cm³/mol. The van der Waals surface area contributed by atoms with Crippen molar-refractivity contribution in [3.63, 3.8) is 0 Å². The van der Waals surface area contributed by atoms with Gasteiger partial charge in [0.2, 0.25) is 0 Å². The maximum absolute atomic E-state index is 13.0. The lowest BCUT2D eigenvalue weighted by molar-refractivity contribution is -0.255. The third-order valence-corrected chi connectivity index (χ3v) is 4.60. The Balaban J connectivity index is 3.41. The molecule has 0 aromatic heterocycles. The van der Waals surface area contributed by atoms with Gasteiger partial charge in [-0.05, 0) is 27.7 Å². The topological polar surface area (TPSA) is 147 Å². The van der Waals surface area contributed by atoms with Gasteiger partial charge in [0.1, 0.15) is 12.7 Å². The largest absolute Gasteiger partial charge is 0.463 e. The van der Waals surface area contributed by atoms with E-state index >= 15 is 0 Å². The Hall–Kier alpha value is -2.89. The molecule has 0 aromatic carbocycles. The summed E-state index contributed by atoms with van der Waals surface area (Å²) >= 11 is 0. The summed E-state index contributed by atoms with van der Waals surface area (Å²) in [4.78, 5) is 61.3. The van der Waals surface area contributed by atoms with Crippen LogP contribution in [0.4, 0.5) is 4.79 Å². The van der Waals surface area contributed by atoms with Crippen LogP contribution in [0.15, 0.2) is 0 Å². The molecule has 0 aromatic rings. The molecule has 5 atom stereocenters. The van der Waals surface area contributed by atoms with Crippen molar-refractivity contribution in [1.82, 2.24) is 10.2 Å². The van der Waals surface area contributed by atoms with Gasteiger partial charge < -0.3 is 33.9 Å². The van der Waals surface area contributed by atoms with E-state index in [0.717, 1.165) is 20.8 Å². The smallest absolute Gasteiger partial charge is 0.319 e. The molecule has 1 heterocycles. The van der Waals surface area contributed by atoms with Gasteiger partial charge in [0.05, 0.1) is 0 Å². The molecule has 12 heteroatoms. The average Bonchev–Trinajstić information content (AvgIpc) is 2.63. The van der Waals surface area contributed by atoms with E-state index in [1.165, 1.54) is 11.8 Å². The summed E-state index contributed by atoms with van der Waals surface area (Å²) in [6.07, 6.45) is -6.42. The fourth-order valence-electron chi connectivity index (χ4n) is 3.61. The van der Waals surface area contributed by atoms with Gasteiger partial charge in [-0.2, -0.15) is 0 Å². The highest BCUT2D eigenvalue weighted by Gasteiger charge is 2.53. The molecule has 2 amide bonds. The van der Waals surface area contributed by atoms with Crippen molar-refractivity contribution in [2.45, 2.75) is 98.1 Å². The second kappa shape index (κ2) is 12.4. The van der Waals surface area contributed by atoms with Gasteiger partial charge in [-0.3, -0.25) is 19.2 Å². The van der Waals surface area contributed by atoms with E-state index in [9.17, 15) is 24.0 Å². The van der Waals surface area contributed by atoms with Crippen LogP contribution in [0.3, 0.4) is 0 Å². The lowest BCUT2D eigenvalue weighted by Gasteiger charge is -2.45. The zero-order valence-electron chi connectivity index (χ0n) is 20.3. The van der Waals surface area contributed by atoms with E-state index in [4.69, 9.17) is 23.7 Å². The Bertz CT molecular complexity index is 731. The van der Waals surface area contributed by atoms with Crippen LogP contribution in [-0.2, 0) is 42.9 Å². The second-order valence-electron chi connectivity index (χ2n) is 8.16. The van der Waals surface area contributed by atoms with Crippen molar-refractivity contribution < 1.29 is 47.7 Å². The van der Waals surface area contributed by atoms with Crippen molar-refractivity contribution in [2.75, 3.05) is 6.61 Å². The monoisotopic (exact) mass is 474 g/mol. The fourth-order valence-corrected chi connectivity index (χ4v) is 3.61. The number of nitrogens with one attached hydrogen (secondary N) is 1. The van der Waals surface area contributed by atoms with E-state index in [-0.39, 0.29) is 18.7 Å². The third kappa shape index (κ3) is 8.52. The first kappa shape index (κ1) is 28.1. The molecule has 0 aliphatic carbocycles. The molecule has 0 saturated carbocycles. The van der Waals surface area contributed by atoms with Crippen LogP contribution in [0.25, 0.3) is 0 Å². The van der Waals surface area contributed by atoms with Gasteiger partial charge >= 0.3 is 29.9 Å². The predicted octanol–water partition coefficient (Wildman–Crippen LogP) is 0.898. The summed E-state index contributed by atoms with van der Waals surface area (Å²) in [6.45, 7) is 11.5. The van der Waals surface area contributed by atoms with Crippen molar-refractivity contribution in [2.24, 2.45) is 0 Å². The zero-order valence-corrected chi connectivity index (χ0v) is 20.3. The summed E-state index contributed by atoms with van der Waals surface area (Å²) in [7, 11) is 0. The minimum absolute atomic E-state index is 0.171. The van der Waals surface area contributed by atoms with Crippen LogP contribution in [0, 0.1) is 0 Å². The van der Waals surface area contributed by atoms with Gasteiger partial charge in [-0.1, -0.05) is 0 Å². The first-order chi connectivity index (χ1) is 15.2. The summed E-state index contributed by atoms with van der Waals surface area (Å²) in [5, 5.41) is 2.65. The molecule has 0 spiro atoms. The first-order valence-corrected chi connectivity index (χ1v) is 10.6. The molecule has 188 valence electrons. The first-order valence-electron chi connectivity index (χ1n) is 10.6. The van der Waals surface area contributed by atoms with E-state index in [2.05, 4.69) is 5.32 Å². The second-order valence-corrected chi connectivity index (χ2v) is 8.16. The van der Waals surface area contributed by atoms with E-state index < -0.39 is 60.6 Å². The lowest BCUT2D eigenvalue weighted by Crippen LogP contribution is -2.67. The van der Waals surface area contributed by atoms with Crippen LogP contribution in [-0.4, -0.2) is 84.1 Å². The number of carbonyl (C=O) groups excluding carboxylic acids is 5. The van der Waals surface area contributed by atoms with Crippen LogP contribution in [0.1, 0.15) is 55.4 Å². The Morgan fingerprint density at radius 3 is 1.64 bits per heavy atom. The van der Waals surface area contributed by atoms with Gasteiger partial charge in [0.25, 0.3) is 0 Å². The third-order valence-electron chi connectivity index (χ3n) is 4.60. The maximum Gasteiger partial charge on any atom is 0.319 e. The number of rotatable bonds is 8. The van der Waals surface area contributed by atoms with Gasteiger partial charge in [-0.25, -0.2) is 4.79 Å². The molecular formula is C21H34N2O10. The highest BCUT2D eigenvalue weighted by atomic mass is 16.7. The van der Waals surface area contributed by atoms with Crippen molar-refractivity contribution in [1.29, 1.82) is 0 Å². The minimum atomic E-state index is -1.35. The Morgan fingerprint density at radius 2 is 1.21 bits per heavy atom. The number of nitrogens with zero attached hydrogens (tertiary/aromatic N) is 1. The summed E-state index contributed by atoms with van der Waals surface area (Å²) in [6, 6.07) is -0.868. The van der Waals surface area contributed by atoms with E-state index in [1.807, 2.05) is 27.7 Å². The summed E-state index contributed by atoms with van der Waals surface area (Å²) in [5.74, 6) is -2.86. The summed E-state index contributed by atoms with van der Waals surface area (Å²) < 4.78 is 26.9. The molecule has 1 rings (SSSR count). The molecule has 12 nitrogen and oxygen atoms in total. The Kier molecular flexibility index (Phi) is 10.6. The number of hydrogen-bond donors (Lipinski definition) is 1. The number of carbonyl (C=O) groups is 5. The maximum atomic E-state index is 13.0. The molecule has 1 fully saturated rings. The van der Waals surface area contributed by atoms with Crippen LogP contribution >= 0.6 is 0 Å². The average molecular weight is 475 g/mol. The molecule has 1 N–H and O–H groups in total. The number of amides is 2. The highest BCUT2D eigenvalue weighted by Crippen LogP contribution is 2.28. The SMILES string of the molecule is CC(=O)OC[C@H]1O[C@@H](NC(=O)N(C(C)C)C(C)C)[C@H](OC(C)=O)[C@@H](OC(C)=O)[C@@H]1OC(C)=O. The number of urea groups is 1. The van der Waals surface area contributed by atoms with Crippen molar-refractivity contribution in [3.05, 3.63) is 0 Å². The van der Waals surface area contributed by atoms with Crippen molar-refractivity contribution in [3.8, 4) is 0 Å². The van der Waals surface area contributed by atoms with Crippen LogP contribution in [0.2, 0.25) is 0 Å². The highest BCUT2D eigenvalue weighted by molar-refractivity contribution is 5.75. The van der Waals surface area contributed by atoms with E-state index in [0.29, 0.717) is 0 Å². The number of esters is 4. The quantitative estimate of drug-likeness (QED) is 0.397. The van der Waals surface area contributed by atoms with Gasteiger partial charge in [0.15, 0.2) is 24.5 Å². The standard InChI is InChI=1S/C21H34N2O10/c1-10(2)23(11(3)4)21(28)22-20-19(32-15(8)27)18(31-14(7)26)17(30-13(6)25)16(33-20)9-29-12(5)24/h10-11,16-20H,9H2,1-8H3,(H,22,28)/t16-,17-,18+,19-,20-/m1/s1. The Labute approximate surface area is 193 Å². The normalized spacial score (nSPS) is 24.6. The molecule has 1 aliphatic rings. The summed E-state index contributed by atoms with van der Waals surface area (Å²) in [5.41, 5.74) is 0. The zero-order chi connectivity index (χ0) is 25.5. The molecule has 1 saturated heterocycles. The van der Waals surface area contributed by atoms with Gasteiger partial charge in [-0.15, -0.1) is 0 Å². The molecule has 0 unspecified atom stereocenters. The molecule has 1 aliphatic heterocycles. The fraction of sp³-hybridized carbons (Fsp3) is 0.762. The van der Waals surface area contributed by atoms with Crippen LogP contribution in [0.5, 0.6) is 0 Å². The Morgan fingerprint density at radius 1 is 0.758 bits per heavy atom. The van der Waals surface area contributed by atoms with Gasteiger partial charge in [0, 0.05) is 39.8 Å². The molecular weight excluding hydrogens is 440 g/mol. The molecule has 0 bridgehead atoms. The number of hydrogen-bond acceptors (Lipinski definition) is 10. The number of ether oxygens (including phenoxy) is 5. The van der Waals surface area contributed by atoms with Crippen molar-refractivity contribution >= 4 is 29.9 Å². The minimum Gasteiger partial charge on any atom is -0.463 e. The van der Waals surface area contributed by atoms with Crippen LogP contribution < -0.4 is 5.32 Å². The molecule has 0 radical (unpaired) electrons. The van der Waals surface area contributed by atoms with E-state index in [1.54, 1.807) is 0 Å². The lowest BCUT2D eigenvalue weighted by atomic mass is 9.97.